The predicted molar refractivity (Wildman–Crippen MR) is 69.7 cm³/mol. The zero-order valence-electron chi connectivity index (χ0n) is 10.6. The van der Waals surface area contributed by atoms with Gasteiger partial charge in [0.1, 0.15) is 5.82 Å². The van der Waals surface area contributed by atoms with E-state index >= 15 is 0 Å². The molecular formula is C13H17N3O3. The van der Waals surface area contributed by atoms with Crippen molar-refractivity contribution in [1.29, 1.82) is 0 Å². The first kappa shape index (κ1) is 13.5. The van der Waals surface area contributed by atoms with Crippen molar-refractivity contribution in [1.82, 2.24) is 9.88 Å². The number of carbonyl (C=O) groups is 2. The number of anilines is 1. The van der Waals surface area contributed by atoms with E-state index in [1.165, 1.54) is 0 Å². The Morgan fingerprint density at radius 1 is 1.37 bits per heavy atom. The van der Waals surface area contributed by atoms with Gasteiger partial charge in [0.2, 0.25) is 5.91 Å². The summed E-state index contributed by atoms with van der Waals surface area (Å²) in [5, 5.41) is 11.6. The quantitative estimate of drug-likeness (QED) is 0.840. The van der Waals surface area contributed by atoms with E-state index in [0.29, 0.717) is 31.7 Å². The van der Waals surface area contributed by atoms with Crippen LogP contribution in [0.4, 0.5) is 5.82 Å². The molecule has 19 heavy (non-hydrogen) atoms. The number of piperidine rings is 1. The van der Waals surface area contributed by atoms with Crippen LogP contribution in [0.15, 0.2) is 24.4 Å². The van der Waals surface area contributed by atoms with Crippen LogP contribution in [0.2, 0.25) is 0 Å². The number of amides is 1. The van der Waals surface area contributed by atoms with Crippen LogP contribution in [-0.2, 0) is 9.59 Å². The van der Waals surface area contributed by atoms with Gasteiger partial charge in [-0.1, -0.05) is 6.07 Å². The monoisotopic (exact) mass is 263 g/mol. The second-order valence-electron chi connectivity index (χ2n) is 4.65. The molecule has 2 heterocycles. The summed E-state index contributed by atoms with van der Waals surface area (Å²) in [5.74, 6) is -0.590. The van der Waals surface area contributed by atoms with Gasteiger partial charge in [0.05, 0.1) is 12.5 Å². The summed E-state index contributed by atoms with van der Waals surface area (Å²) in [5.41, 5.74) is 0. The van der Waals surface area contributed by atoms with E-state index in [-0.39, 0.29) is 18.4 Å². The maximum Gasteiger partial charge on any atom is 0.306 e. The third kappa shape index (κ3) is 4.03. The molecular weight excluding hydrogens is 246 g/mol. The Bertz CT molecular complexity index is 442. The van der Waals surface area contributed by atoms with Gasteiger partial charge in [-0.2, -0.15) is 0 Å². The number of hydrogen-bond donors (Lipinski definition) is 2. The number of aromatic nitrogens is 1. The first-order chi connectivity index (χ1) is 9.15. The Kier molecular flexibility index (Phi) is 4.46. The normalized spacial score (nSPS) is 17.1. The number of nitrogens with zero attached hydrogens (tertiary/aromatic N) is 2. The summed E-state index contributed by atoms with van der Waals surface area (Å²) in [7, 11) is 0. The molecule has 0 unspecified atom stereocenters. The highest BCUT2D eigenvalue weighted by Crippen LogP contribution is 2.16. The highest BCUT2D eigenvalue weighted by Gasteiger charge is 2.25. The summed E-state index contributed by atoms with van der Waals surface area (Å²) in [6, 6.07) is 5.32. The molecule has 0 radical (unpaired) electrons. The Labute approximate surface area is 111 Å². The highest BCUT2D eigenvalue weighted by molar-refractivity contribution is 5.91. The standard InChI is InChI=1S/C13H17N3O3/c17-12(15-11-3-1-2-6-14-11)9-16-7-4-10(5-8-16)13(18)19/h1-3,6,10H,4-5,7-9H2,(H,18,19)(H,14,15,17). The lowest BCUT2D eigenvalue weighted by atomic mass is 9.97. The van der Waals surface area contributed by atoms with Crippen molar-refractivity contribution in [2.45, 2.75) is 12.8 Å². The summed E-state index contributed by atoms with van der Waals surface area (Å²) in [4.78, 5) is 28.6. The Morgan fingerprint density at radius 2 is 2.11 bits per heavy atom. The van der Waals surface area contributed by atoms with E-state index in [9.17, 15) is 9.59 Å². The molecule has 6 heteroatoms. The van der Waals surface area contributed by atoms with Gasteiger partial charge >= 0.3 is 5.97 Å². The van der Waals surface area contributed by atoms with Crippen LogP contribution in [-0.4, -0.2) is 46.5 Å². The number of carboxylic acids is 1. The summed E-state index contributed by atoms with van der Waals surface area (Å²) >= 11 is 0. The number of carbonyl (C=O) groups excluding carboxylic acids is 1. The number of carboxylic acid groups (broad SMARTS) is 1. The topological polar surface area (TPSA) is 82.5 Å². The number of pyridine rings is 1. The molecule has 1 aromatic heterocycles. The summed E-state index contributed by atoms with van der Waals surface area (Å²) < 4.78 is 0. The molecule has 0 atom stereocenters. The van der Waals surface area contributed by atoms with Crippen molar-refractivity contribution in [3.8, 4) is 0 Å². The largest absolute Gasteiger partial charge is 0.481 e. The zero-order valence-corrected chi connectivity index (χ0v) is 10.6. The minimum absolute atomic E-state index is 0.118. The zero-order chi connectivity index (χ0) is 13.7. The van der Waals surface area contributed by atoms with Crippen LogP contribution in [0.3, 0.4) is 0 Å². The molecule has 1 aliphatic heterocycles. The second-order valence-corrected chi connectivity index (χ2v) is 4.65. The van der Waals surface area contributed by atoms with Crippen molar-refractivity contribution in [2.75, 3.05) is 25.0 Å². The Balaban J connectivity index is 1.76. The minimum atomic E-state index is -0.738. The van der Waals surface area contributed by atoms with Gasteiger partial charge in [0.25, 0.3) is 0 Å². The number of nitrogens with one attached hydrogen (secondary N) is 1. The molecule has 0 aromatic carbocycles. The van der Waals surface area contributed by atoms with Crippen molar-refractivity contribution < 1.29 is 14.7 Å². The average molecular weight is 263 g/mol. The van der Waals surface area contributed by atoms with Gasteiger partial charge < -0.3 is 10.4 Å². The van der Waals surface area contributed by atoms with E-state index in [1.54, 1.807) is 24.4 Å². The molecule has 0 spiro atoms. The Morgan fingerprint density at radius 3 is 2.68 bits per heavy atom. The van der Waals surface area contributed by atoms with Crippen LogP contribution < -0.4 is 5.32 Å². The average Bonchev–Trinajstić information content (AvgIpc) is 2.40. The second kappa shape index (κ2) is 6.29. The van der Waals surface area contributed by atoms with Gasteiger partial charge in [-0.15, -0.1) is 0 Å². The summed E-state index contributed by atoms with van der Waals surface area (Å²) in [6.07, 6.45) is 2.83. The fraction of sp³-hybridized carbons (Fsp3) is 0.462. The minimum Gasteiger partial charge on any atom is -0.481 e. The fourth-order valence-electron chi connectivity index (χ4n) is 2.16. The third-order valence-corrected chi connectivity index (χ3v) is 3.24. The molecule has 0 aliphatic carbocycles. The molecule has 6 nitrogen and oxygen atoms in total. The van der Waals surface area contributed by atoms with E-state index in [4.69, 9.17) is 5.11 Å². The Hall–Kier alpha value is -1.95. The SMILES string of the molecule is O=C(CN1CCC(C(=O)O)CC1)Nc1ccccn1. The van der Waals surface area contributed by atoms with Crippen LogP contribution in [0.5, 0.6) is 0 Å². The van der Waals surface area contributed by atoms with Crippen LogP contribution in [0, 0.1) is 5.92 Å². The van der Waals surface area contributed by atoms with E-state index in [0.717, 1.165) is 0 Å². The fourth-order valence-corrected chi connectivity index (χ4v) is 2.16. The maximum atomic E-state index is 11.8. The van der Waals surface area contributed by atoms with Crippen LogP contribution in [0.1, 0.15) is 12.8 Å². The molecule has 0 saturated carbocycles. The lowest BCUT2D eigenvalue weighted by Gasteiger charge is -2.29. The molecule has 2 rings (SSSR count). The van der Waals surface area contributed by atoms with Crippen molar-refractivity contribution in [3.05, 3.63) is 24.4 Å². The number of rotatable bonds is 4. The van der Waals surface area contributed by atoms with Crippen molar-refractivity contribution in [3.63, 3.8) is 0 Å². The first-order valence-electron chi connectivity index (χ1n) is 6.31. The number of hydrogen-bond acceptors (Lipinski definition) is 4. The van der Waals surface area contributed by atoms with Gasteiger partial charge in [0, 0.05) is 6.20 Å². The van der Waals surface area contributed by atoms with Gasteiger partial charge in [-0.3, -0.25) is 14.5 Å². The molecule has 1 fully saturated rings. The predicted octanol–water partition coefficient (Wildman–Crippen LogP) is 0.817. The molecule has 2 N–H and O–H groups in total. The number of likely N-dealkylation sites (tertiary alicyclic amines) is 1. The lowest BCUT2D eigenvalue weighted by Crippen LogP contribution is -2.40. The molecule has 1 aliphatic rings. The van der Waals surface area contributed by atoms with Gasteiger partial charge in [-0.05, 0) is 38.1 Å². The van der Waals surface area contributed by atoms with E-state index < -0.39 is 5.97 Å². The van der Waals surface area contributed by atoms with Crippen molar-refractivity contribution >= 4 is 17.7 Å². The molecule has 1 amide bonds. The maximum absolute atomic E-state index is 11.8. The third-order valence-electron chi connectivity index (χ3n) is 3.24. The lowest BCUT2D eigenvalue weighted by molar-refractivity contribution is -0.143. The molecule has 102 valence electrons. The molecule has 1 saturated heterocycles. The number of aliphatic carboxylic acids is 1. The van der Waals surface area contributed by atoms with E-state index in [1.807, 2.05) is 4.90 Å². The first-order valence-corrected chi connectivity index (χ1v) is 6.31. The smallest absolute Gasteiger partial charge is 0.306 e. The van der Waals surface area contributed by atoms with Crippen LogP contribution >= 0.6 is 0 Å². The van der Waals surface area contributed by atoms with Gasteiger partial charge in [0.15, 0.2) is 0 Å². The van der Waals surface area contributed by atoms with Gasteiger partial charge in [-0.25, -0.2) is 4.98 Å². The van der Waals surface area contributed by atoms with Crippen molar-refractivity contribution in [2.24, 2.45) is 5.92 Å². The summed E-state index contributed by atoms with van der Waals surface area (Å²) in [6.45, 7) is 1.57. The van der Waals surface area contributed by atoms with Crippen LogP contribution in [0.25, 0.3) is 0 Å². The molecule has 1 aromatic rings. The highest BCUT2D eigenvalue weighted by atomic mass is 16.4. The molecule has 0 bridgehead atoms. The van der Waals surface area contributed by atoms with E-state index in [2.05, 4.69) is 10.3 Å².